The number of rotatable bonds is 0. The fourth-order valence-electron chi connectivity index (χ4n) is 2.11. The number of aryl methyl sites for hydroxylation is 1. The molecule has 0 atom stereocenters. The van der Waals surface area contributed by atoms with Crippen molar-refractivity contribution < 1.29 is 40.3 Å². The van der Waals surface area contributed by atoms with Gasteiger partial charge in [-0.25, -0.2) is 0 Å². The number of fused-ring (bicyclic) bond motifs is 3. The molecule has 0 N–H and O–H groups in total. The molecule has 0 unspecified atom stereocenters. The fourth-order valence-corrected chi connectivity index (χ4v) is 2.11. The van der Waals surface area contributed by atoms with E-state index in [4.69, 9.17) is 0 Å². The summed E-state index contributed by atoms with van der Waals surface area (Å²) in [5.74, 6) is 0. The van der Waals surface area contributed by atoms with Gasteiger partial charge in [-0.15, -0.1) is 28.5 Å². The van der Waals surface area contributed by atoms with E-state index in [1.165, 1.54) is 27.1 Å². The van der Waals surface area contributed by atoms with Crippen molar-refractivity contribution in [3.63, 3.8) is 0 Å². The van der Waals surface area contributed by atoms with Gasteiger partial charge in [0, 0.05) is 0 Å². The minimum Gasteiger partial charge on any atom is -1.00 e. The van der Waals surface area contributed by atoms with E-state index in [2.05, 4.69) is 55.5 Å². The van der Waals surface area contributed by atoms with Crippen LogP contribution in [0.4, 0.5) is 0 Å². The molecule has 3 aromatic carbocycles. The molecule has 18 heavy (non-hydrogen) atoms. The second kappa shape index (κ2) is 7.42. The van der Waals surface area contributed by atoms with Crippen molar-refractivity contribution in [1.29, 1.82) is 0 Å². The number of hydrogen-bond acceptors (Lipinski definition) is 0. The smallest absolute Gasteiger partial charge is 1.00 e. The van der Waals surface area contributed by atoms with Gasteiger partial charge in [-0.05, 0) is 5.39 Å². The second-order valence-electron chi connectivity index (χ2n) is 3.82. The molecule has 0 heterocycles. The Morgan fingerprint density at radius 1 is 0.833 bits per heavy atom. The Bertz CT molecular complexity index is 617. The van der Waals surface area contributed by atoms with Crippen LogP contribution in [0.3, 0.4) is 0 Å². The zero-order valence-corrected chi connectivity index (χ0v) is 12.2. The molecule has 0 amide bonds. The summed E-state index contributed by atoms with van der Waals surface area (Å²) in [6, 6.07) is 17.4. The molecule has 0 radical (unpaired) electrons. The van der Waals surface area contributed by atoms with Gasteiger partial charge in [0.25, 0.3) is 0 Å². The molecule has 0 fully saturated rings. The Morgan fingerprint density at radius 2 is 1.50 bits per heavy atom. The van der Waals surface area contributed by atoms with E-state index in [0.29, 0.717) is 0 Å². The molecular weight excluding hydrogens is 316 g/mol. The Kier molecular flexibility index (Phi) is 7.97. The van der Waals surface area contributed by atoms with Crippen molar-refractivity contribution in [2.45, 2.75) is 6.92 Å². The van der Waals surface area contributed by atoms with Gasteiger partial charge in [0.05, 0.1) is 0 Å². The molecule has 0 aliphatic rings. The van der Waals surface area contributed by atoms with Crippen molar-refractivity contribution >= 4 is 21.5 Å². The van der Waals surface area contributed by atoms with Gasteiger partial charge in [0.2, 0.25) is 0 Å². The van der Waals surface area contributed by atoms with Crippen LogP contribution in [0.5, 0.6) is 0 Å². The monoisotopic (exact) mass is 326 g/mol. The van der Waals surface area contributed by atoms with E-state index < -0.39 is 0 Å². The van der Waals surface area contributed by atoms with Crippen molar-refractivity contribution in [1.82, 2.24) is 0 Å². The van der Waals surface area contributed by atoms with E-state index >= 15 is 0 Å². The van der Waals surface area contributed by atoms with E-state index in [-0.39, 0.29) is 40.3 Å². The average molecular weight is 327 g/mol. The fraction of sp³-hybridized carbons (Fsp3) is 0.0714. The number of halogens is 3. The maximum Gasteiger partial charge on any atom is 4.00 e. The van der Waals surface area contributed by atoms with Crippen LogP contribution in [0.2, 0.25) is 0 Å². The third-order valence-electron chi connectivity index (χ3n) is 2.76. The Labute approximate surface area is 123 Å². The van der Waals surface area contributed by atoms with Gasteiger partial charge in [-0.1, -0.05) is 42.6 Å². The summed E-state index contributed by atoms with van der Waals surface area (Å²) in [5, 5.41) is 5.41. The molecule has 0 saturated carbocycles. The molecule has 0 spiro atoms. The maximum atomic E-state index is 2.26. The van der Waals surface area contributed by atoms with Crippen LogP contribution in [0.25, 0.3) is 21.5 Å². The van der Waals surface area contributed by atoms with Gasteiger partial charge in [0.15, 0.2) is 0 Å². The number of benzene rings is 2. The molecule has 0 nitrogen and oxygen atoms in total. The standard InChI is InChI=1S/C14H11.3FH.Zr/c1-10-8-12-7-6-11-4-2-3-5-13(11)14(12)9-10;;;;/h2-9H,1H3;3*1H;/q-1;;;;+4/p-3. The molecule has 92 valence electrons. The minimum absolute atomic E-state index is 0. The van der Waals surface area contributed by atoms with Crippen LogP contribution >= 0.6 is 0 Å². The van der Waals surface area contributed by atoms with Gasteiger partial charge in [-0.2, -0.15) is 6.07 Å². The number of hydrogen-bond donors (Lipinski definition) is 0. The zero-order valence-electron chi connectivity index (χ0n) is 9.75. The summed E-state index contributed by atoms with van der Waals surface area (Å²) in [6.45, 7) is 2.15. The van der Waals surface area contributed by atoms with Crippen LogP contribution < -0.4 is 14.1 Å². The van der Waals surface area contributed by atoms with Crippen molar-refractivity contribution in [2.75, 3.05) is 0 Å². The van der Waals surface area contributed by atoms with Crippen molar-refractivity contribution in [3.8, 4) is 0 Å². The van der Waals surface area contributed by atoms with Crippen LogP contribution in [-0.4, -0.2) is 0 Å². The summed E-state index contributed by atoms with van der Waals surface area (Å²) >= 11 is 0. The van der Waals surface area contributed by atoms with E-state index in [9.17, 15) is 0 Å². The average Bonchev–Trinajstić information content (AvgIpc) is 2.59. The summed E-state index contributed by atoms with van der Waals surface area (Å²) in [4.78, 5) is 0. The molecule has 0 bridgehead atoms. The zero-order chi connectivity index (χ0) is 9.54. The summed E-state index contributed by atoms with van der Waals surface area (Å²) in [5.41, 5.74) is 1.34. The van der Waals surface area contributed by atoms with Crippen molar-refractivity contribution in [3.05, 3.63) is 54.1 Å². The van der Waals surface area contributed by atoms with Gasteiger partial charge in [0.1, 0.15) is 0 Å². The molecular formula is C14H11F3Zr. The molecule has 3 aromatic rings. The largest absolute Gasteiger partial charge is 4.00 e. The van der Waals surface area contributed by atoms with Crippen LogP contribution in [-0.2, 0) is 26.2 Å². The summed E-state index contributed by atoms with van der Waals surface area (Å²) in [7, 11) is 0. The van der Waals surface area contributed by atoms with E-state index in [0.717, 1.165) is 0 Å². The summed E-state index contributed by atoms with van der Waals surface area (Å²) < 4.78 is 0. The maximum absolute atomic E-state index is 2.26. The quantitative estimate of drug-likeness (QED) is 0.363. The first-order chi connectivity index (χ1) is 6.84. The Balaban J connectivity index is 0. The second-order valence-corrected chi connectivity index (χ2v) is 3.82. The van der Waals surface area contributed by atoms with Crippen LogP contribution in [0.15, 0.2) is 48.5 Å². The predicted molar refractivity (Wildman–Crippen MR) is 61.8 cm³/mol. The molecule has 0 aliphatic heterocycles. The third-order valence-corrected chi connectivity index (χ3v) is 2.76. The Hall–Kier alpha value is -1.02. The van der Waals surface area contributed by atoms with Crippen molar-refractivity contribution in [2.24, 2.45) is 0 Å². The molecule has 0 aromatic heterocycles. The normalized spacial score (nSPS) is 8.72. The first kappa shape index (κ1) is 19.3. The predicted octanol–water partition coefficient (Wildman–Crippen LogP) is -4.97. The molecule has 0 aliphatic carbocycles. The van der Waals surface area contributed by atoms with Gasteiger partial charge < -0.3 is 14.1 Å². The van der Waals surface area contributed by atoms with Gasteiger partial charge in [-0.3, -0.25) is 0 Å². The first-order valence-electron chi connectivity index (χ1n) is 4.89. The SMILES string of the molecule is Cc1cc2c(ccc3ccccc32)[cH-]1.[F-].[F-].[F-].[Zr+4]. The Morgan fingerprint density at radius 3 is 2.22 bits per heavy atom. The first-order valence-corrected chi connectivity index (χ1v) is 4.89. The third kappa shape index (κ3) is 3.05. The van der Waals surface area contributed by atoms with E-state index in [1.807, 2.05) is 0 Å². The molecule has 4 heteroatoms. The molecule has 0 saturated heterocycles. The van der Waals surface area contributed by atoms with Crippen LogP contribution in [0, 0.1) is 6.92 Å². The minimum atomic E-state index is 0. The summed E-state index contributed by atoms with van der Waals surface area (Å²) in [6.07, 6.45) is 0. The topological polar surface area (TPSA) is 0 Å². The van der Waals surface area contributed by atoms with E-state index in [1.54, 1.807) is 0 Å². The molecule has 3 rings (SSSR count). The van der Waals surface area contributed by atoms with Crippen LogP contribution in [0.1, 0.15) is 5.56 Å². The van der Waals surface area contributed by atoms with Gasteiger partial charge >= 0.3 is 26.2 Å².